The number of benzene rings is 1. The lowest BCUT2D eigenvalue weighted by atomic mass is 9.92. The lowest BCUT2D eigenvalue weighted by Gasteiger charge is -2.37. The minimum Gasteiger partial charge on any atom is -0.451 e. The van der Waals surface area contributed by atoms with Crippen LogP contribution in [0.2, 0.25) is 5.02 Å². The number of nitrogens with zero attached hydrogens (tertiary/aromatic N) is 1. The van der Waals surface area contributed by atoms with E-state index in [2.05, 4.69) is 6.92 Å². The summed E-state index contributed by atoms with van der Waals surface area (Å²) in [6, 6.07) is 5.50. The third kappa shape index (κ3) is 2.61. The van der Waals surface area contributed by atoms with Crippen molar-refractivity contribution >= 4 is 28.5 Å². The fourth-order valence-electron chi connectivity index (χ4n) is 3.27. The largest absolute Gasteiger partial charge is 0.451 e. The summed E-state index contributed by atoms with van der Waals surface area (Å²) < 4.78 is 5.80. The first-order valence-corrected chi connectivity index (χ1v) is 8.08. The molecule has 4 nitrogen and oxygen atoms in total. The average Bonchev–Trinajstić information content (AvgIpc) is 2.83. The van der Waals surface area contributed by atoms with Gasteiger partial charge in [0.25, 0.3) is 5.91 Å². The molecule has 2 aromatic rings. The molecule has 1 amide bonds. The van der Waals surface area contributed by atoms with Crippen molar-refractivity contribution in [1.82, 2.24) is 4.90 Å². The summed E-state index contributed by atoms with van der Waals surface area (Å²) in [5, 5.41) is 1.53. The Hall–Kier alpha value is -1.52. The SMILES string of the molecule is Cc1c(C(=O)N2CCC(C)CC2CN)oc2ccc(Cl)cc12. The number of rotatable bonds is 2. The van der Waals surface area contributed by atoms with Crippen LogP contribution < -0.4 is 5.73 Å². The average molecular weight is 321 g/mol. The van der Waals surface area contributed by atoms with Gasteiger partial charge in [-0.05, 0) is 43.9 Å². The molecule has 1 saturated heterocycles. The lowest BCUT2D eigenvalue weighted by Crippen LogP contribution is -2.49. The summed E-state index contributed by atoms with van der Waals surface area (Å²) in [7, 11) is 0. The summed E-state index contributed by atoms with van der Waals surface area (Å²) in [5.41, 5.74) is 7.40. The summed E-state index contributed by atoms with van der Waals surface area (Å²) in [6.07, 6.45) is 1.96. The van der Waals surface area contributed by atoms with Gasteiger partial charge >= 0.3 is 0 Å². The minimum absolute atomic E-state index is 0.0628. The molecule has 22 heavy (non-hydrogen) atoms. The van der Waals surface area contributed by atoms with Gasteiger partial charge in [-0.15, -0.1) is 0 Å². The molecule has 0 radical (unpaired) electrons. The summed E-state index contributed by atoms with van der Waals surface area (Å²) >= 11 is 6.04. The van der Waals surface area contributed by atoms with Crippen molar-refractivity contribution in [3.8, 4) is 0 Å². The maximum atomic E-state index is 12.9. The maximum absolute atomic E-state index is 12.9. The number of amides is 1. The van der Waals surface area contributed by atoms with Crippen molar-refractivity contribution in [3.05, 3.63) is 34.5 Å². The van der Waals surface area contributed by atoms with Crippen molar-refractivity contribution in [2.75, 3.05) is 13.1 Å². The van der Waals surface area contributed by atoms with E-state index in [4.69, 9.17) is 21.8 Å². The number of fused-ring (bicyclic) bond motifs is 1. The van der Waals surface area contributed by atoms with Crippen LogP contribution in [-0.2, 0) is 0 Å². The Balaban J connectivity index is 1.96. The Morgan fingerprint density at radius 3 is 3.00 bits per heavy atom. The van der Waals surface area contributed by atoms with E-state index in [1.54, 1.807) is 12.1 Å². The van der Waals surface area contributed by atoms with Gasteiger partial charge in [-0.25, -0.2) is 0 Å². The highest BCUT2D eigenvalue weighted by molar-refractivity contribution is 6.31. The molecule has 118 valence electrons. The van der Waals surface area contributed by atoms with E-state index in [0.717, 1.165) is 30.3 Å². The highest BCUT2D eigenvalue weighted by Crippen LogP contribution is 2.30. The molecular formula is C17H21ClN2O2. The van der Waals surface area contributed by atoms with Gasteiger partial charge in [-0.2, -0.15) is 0 Å². The Morgan fingerprint density at radius 1 is 1.50 bits per heavy atom. The third-order valence-corrected chi connectivity index (χ3v) is 4.84. The highest BCUT2D eigenvalue weighted by atomic mass is 35.5. The second kappa shape index (κ2) is 5.94. The van der Waals surface area contributed by atoms with Crippen LogP contribution in [0, 0.1) is 12.8 Å². The van der Waals surface area contributed by atoms with Gasteiger partial charge in [0.05, 0.1) is 0 Å². The topological polar surface area (TPSA) is 59.5 Å². The lowest BCUT2D eigenvalue weighted by molar-refractivity contribution is 0.0543. The molecule has 0 aliphatic carbocycles. The first-order valence-electron chi connectivity index (χ1n) is 7.71. The Morgan fingerprint density at radius 2 is 2.27 bits per heavy atom. The van der Waals surface area contributed by atoms with Gasteiger partial charge in [0.1, 0.15) is 5.58 Å². The normalized spacial score (nSPS) is 22.3. The second-order valence-electron chi connectivity index (χ2n) is 6.21. The van der Waals surface area contributed by atoms with Crippen LogP contribution in [0.1, 0.15) is 35.9 Å². The van der Waals surface area contributed by atoms with Crippen LogP contribution in [0.5, 0.6) is 0 Å². The molecule has 2 atom stereocenters. The summed E-state index contributed by atoms with van der Waals surface area (Å²) in [6.45, 7) is 5.33. The monoisotopic (exact) mass is 320 g/mol. The van der Waals surface area contributed by atoms with E-state index in [1.165, 1.54) is 0 Å². The molecule has 0 spiro atoms. The number of aryl methyl sites for hydroxylation is 1. The molecule has 1 fully saturated rings. The number of carbonyl (C=O) groups excluding carboxylic acids is 1. The molecule has 2 heterocycles. The van der Waals surface area contributed by atoms with Crippen molar-refractivity contribution in [2.45, 2.75) is 32.7 Å². The first kappa shape index (κ1) is 15.4. The van der Waals surface area contributed by atoms with Crippen LogP contribution in [0.25, 0.3) is 11.0 Å². The van der Waals surface area contributed by atoms with E-state index < -0.39 is 0 Å². The smallest absolute Gasteiger partial charge is 0.290 e. The molecule has 1 aliphatic heterocycles. The van der Waals surface area contributed by atoms with E-state index in [9.17, 15) is 4.79 Å². The van der Waals surface area contributed by atoms with Crippen LogP contribution in [-0.4, -0.2) is 29.9 Å². The predicted octanol–water partition coefficient (Wildman–Crippen LogP) is 3.59. The van der Waals surface area contributed by atoms with Crippen LogP contribution in [0.15, 0.2) is 22.6 Å². The molecule has 2 N–H and O–H groups in total. The van der Waals surface area contributed by atoms with E-state index >= 15 is 0 Å². The second-order valence-corrected chi connectivity index (χ2v) is 6.65. The first-order chi connectivity index (χ1) is 10.5. The molecule has 1 aromatic carbocycles. The zero-order valence-corrected chi connectivity index (χ0v) is 13.7. The van der Waals surface area contributed by atoms with E-state index in [0.29, 0.717) is 28.8 Å². The standard InChI is InChI=1S/C17H21ClN2O2/c1-10-5-6-20(13(7-10)9-19)17(21)16-11(2)14-8-12(18)3-4-15(14)22-16/h3-4,8,10,13H,5-7,9,19H2,1-2H3. The number of hydrogen-bond acceptors (Lipinski definition) is 3. The third-order valence-electron chi connectivity index (χ3n) is 4.60. The van der Waals surface area contributed by atoms with Gasteiger partial charge in [0.2, 0.25) is 0 Å². The Bertz CT molecular complexity index is 710. The molecular weight excluding hydrogens is 300 g/mol. The fourth-order valence-corrected chi connectivity index (χ4v) is 3.44. The zero-order valence-electron chi connectivity index (χ0n) is 12.9. The van der Waals surface area contributed by atoms with Crippen molar-refractivity contribution in [2.24, 2.45) is 11.7 Å². The van der Waals surface area contributed by atoms with E-state index in [-0.39, 0.29) is 11.9 Å². The minimum atomic E-state index is -0.0628. The van der Waals surface area contributed by atoms with E-state index in [1.807, 2.05) is 17.9 Å². The summed E-state index contributed by atoms with van der Waals surface area (Å²) in [5.74, 6) is 0.950. The maximum Gasteiger partial charge on any atom is 0.290 e. The molecule has 2 unspecified atom stereocenters. The number of likely N-dealkylation sites (tertiary alicyclic amines) is 1. The number of furan rings is 1. The zero-order chi connectivity index (χ0) is 15.9. The van der Waals surface area contributed by atoms with Gasteiger partial charge in [0.15, 0.2) is 5.76 Å². The quantitative estimate of drug-likeness (QED) is 0.919. The molecule has 1 aliphatic rings. The number of carbonyl (C=O) groups is 1. The number of halogens is 1. The predicted molar refractivity (Wildman–Crippen MR) is 88.2 cm³/mol. The van der Waals surface area contributed by atoms with Crippen molar-refractivity contribution in [1.29, 1.82) is 0 Å². The highest BCUT2D eigenvalue weighted by Gasteiger charge is 2.32. The molecule has 0 saturated carbocycles. The van der Waals surface area contributed by atoms with Gasteiger partial charge in [0, 0.05) is 35.1 Å². The number of nitrogens with two attached hydrogens (primary N) is 1. The van der Waals surface area contributed by atoms with Crippen molar-refractivity contribution < 1.29 is 9.21 Å². The number of hydrogen-bond donors (Lipinski definition) is 1. The molecule has 3 rings (SSSR count). The van der Waals surface area contributed by atoms with Gasteiger partial charge in [-0.3, -0.25) is 4.79 Å². The van der Waals surface area contributed by atoms with Gasteiger partial charge in [-0.1, -0.05) is 18.5 Å². The molecule has 1 aromatic heterocycles. The number of piperidine rings is 1. The van der Waals surface area contributed by atoms with Crippen molar-refractivity contribution in [3.63, 3.8) is 0 Å². The summed E-state index contributed by atoms with van der Waals surface area (Å²) in [4.78, 5) is 14.8. The van der Waals surface area contributed by atoms with Crippen LogP contribution >= 0.6 is 11.6 Å². The molecule has 5 heteroatoms. The fraction of sp³-hybridized carbons (Fsp3) is 0.471. The Kier molecular flexibility index (Phi) is 4.15. The van der Waals surface area contributed by atoms with Crippen LogP contribution in [0.3, 0.4) is 0 Å². The van der Waals surface area contributed by atoms with Crippen LogP contribution in [0.4, 0.5) is 0 Å². The molecule has 0 bridgehead atoms. The van der Waals surface area contributed by atoms with Gasteiger partial charge < -0.3 is 15.1 Å². The Labute approximate surface area is 135 Å².